The van der Waals surface area contributed by atoms with Crippen molar-refractivity contribution in [2.45, 2.75) is 76.9 Å². The number of ether oxygens (including phenoxy) is 1. The number of nitrogens with one attached hydrogen (secondary N) is 1. The van der Waals surface area contributed by atoms with Crippen LogP contribution in [0.15, 0.2) is 16.9 Å². The van der Waals surface area contributed by atoms with Crippen molar-refractivity contribution in [2.75, 3.05) is 13.1 Å². The first-order valence-electron chi connectivity index (χ1n) is 15.2. The summed E-state index contributed by atoms with van der Waals surface area (Å²) in [7, 11) is 0. The van der Waals surface area contributed by atoms with E-state index in [-0.39, 0.29) is 50.2 Å². The number of carbonyl (C=O) groups excluding carboxylic acids is 3. The van der Waals surface area contributed by atoms with E-state index in [9.17, 15) is 37.5 Å². The van der Waals surface area contributed by atoms with Crippen molar-refractivity contribution in [2.24, 2.45) is 5.92 Å². The molecule has 0 bridgehead atoms. The molecule has 2 amide bonds. The number of hydrogen-bond acceptors (Lipinski definition) is 7. The highest BCUT2D eigenvalue weighted by Crippen LogP contribution is 2.46. The summed E-state index contributed by atoms with van der Waals surface area (Å²) in [5.41, 5.74) is 1.11. The number of nitrogens with zero attached hydrogens (tertiary/aromatic N) is 3. The van der Waals surface area contributed by atoms with Crippen LogP contribution in [0.3, 0.4) is 0 Å². The van der Waals surface area contributed by atoms with Gasteiger partial charge in [0, 0.05) is 35.7 Å². The van der Waals surface area contributed by atoms with E-state index < -0.39 is 52.9 Å². The van der Waals surface area contributed by atoms with Crippen LogP contribution in [0.2, 0.25) is 0 Å². The fourth-order valence-corrected chi connectivity index (χ4v) is 7.54. The summed E-state index contributed by atoms with van der Waals surface area (Å²) in [4.78, 5) is 57.3. The number of aryl methyl sites for hydroxylation is 1. The number of aliphatic hydroxyl groups is 1. The van der Waals surface area contributed by atoms with Crippen molar-refractivity contribution < 1.29 is 41.8 Å². The third-order valence-corrected chi connectivity index (χ3v) is 10.0. The lowest BCUT2D eigenvalue weighted by Crippen LogP contribution is -2.50. The Balaban J connectivity index is 1.33. The first-order chi connectivity index (χ1) is 21.7. The zero-order valence-corrected chi connectivity index (χ0v) is 25.0. The SMILES string of the molecule is CC[C@@]1(O)C(=O)OCc2c1cc1n(c2=O)Cc2c-1nc1cc(F)c(C)c3c1c2[C@@H](NC(=O)C1CCCN(C(=O)C(F)(F)F)C1)CC3. The zero-order chi connectivity index (χ0) is 32.9. The van der Waals surface area contributed by atoms with Crippen molar-refractivity contribution >= 4 is 28.7 Å². The molecule has 0 spiro atoms. The van der Waals surface area contributed by atoms with E-state index in [2.05, 4.69) is 5.32 Å². The number of halogens is 4. The van der Waals surface area contributed by atoms with Crippen LogP contribution in [-0.2, 0) is 44.3 Å². The van der Waals surface area contributed by atoms with Crippen LogP contribution >= 0.6 is 0 Å². The number of alkyl halides is 3. The maximum atomic E-state index is 15.2. The van der Waals surface area contributed by atoms with Gasteiger partial charge in [0.05, 0.1) is 41.0 Å². The van der Waals surface area contributed by atoms with E-state index >= 15 is 4.39 Å². The number of esters is 1. The fraction of sp³-hybridized carbons (Fsp3) is 0.469. The van der Waals surface area contributed by atoms with E-state index in [0.717, 1.165) is 0 Å². The molecule has 3 atom stereocenters. The highest BCUT2D eigenvalue weighted by atomic mass is 19.4. The molecule has 46 heavy (non-hydrogen) atoms. The molecule has 1 aliphatic carbocycles. The molecule has 7 rings (SSSR count). The normalized spacial score (nSPS) is 23.5. The summed E-state index contributed by atoms with van der Waals surface area (Å²) in [5, 5.41) is 14.9. The summed E-state index contributed by atoms with van der Waals surface area (Å²) in [6, 6.07) is 2.20. The van der Waals surface area contributed by atoms with Gasteiger partial charge in [0.15, 0.2) is 5.60 Å². The molecule has 5 heterocycles. The number of cyclic esters (lactones) is 1. The van der Waals surface area contributed by atoms with Gasteiger partial charge in [-0.05, 0) is 61.8 Å². The second kappa shape index (κ2) is 10.3. The van der Waals surface area contributed by atoms with E-state index in [1.165, 1.54) is 10.6 Å². The average Bonchev–Trinajstić information content (AvgIpc) is 3.40. The summed E-state index contributed by atoms with van der Waals surface area (Å²) in [5.74, 6) is -4.68. The van der Waals surface area contributed by atoms with Gasteiger partial charge in [0.2, 0.25) is 5.91 Å². The molecule has 2 aromatic heterocycles. The monoisotopic (exact) mass is 642 g/mol. The third kappa shape index (κ3) is 4.36. The summed E-state index contributed by atoms with van der Waals surface area (Å²) < 4.78 is 61.1. The highest BCUT2D eigenvalue weighted by Gasteiger charge is 2.47. The van der Waals surface area contributed by atoms with Crippen molar-refractivity contribution in [3.05, 3.63) is 61.7 Å². The molecule has 14 heteroatoms. The average molecular weight is 643 g/mol. The summed E-state index contributed by atoms with van der Waals surface area (Å²) >= 11 is 0. The number of likely N-dealkylation sites (tertiary alicyclic amines) is 1. The minimum absolute atomic E-state index is 0.0416. The lowest BCUT2D eigenvalue weighted by molar-refractivity contribution is -0.187. The van der Waals surface area contributed by atoms with Gasteiger partial charge in [-0.1, -0.05) is 6.92 Å². The fourth-order valence-electron chi connectivity index (χ4n) is 7.54. The Morgan fingerprint density at radius 2 is 1.93 bits per heavy atom. The molecule has 1 saturated heterocycles. The molecule has 0 saturated carbocycles. The lowest BCUT2D eigenvalue weighted by Gasteiger charge is -2.34. The van der Waals surface area contributed by atoms with Gasteiger partial charge in [0.1, 0.15) is 12.4 Å². The molecule has 242 valence electrons. The van der Waals surface area contributed by atoms with Gasteiger partial charge in [0.25, 0.3) is 5.56 Å². The molecule has 1 fully saturated rings. The van der Waals surface area contributed by atoms with Gasteiger partial charge in [-0.3, -0.25) is 14.4 Å². The Kier molecular flexibility index (Phi) is 6.82. The van der Waals surface area contributed by atoms with Gasteiger partial charge in [-0.2, -0.15) is 13.2 Å². The van der Waals surface area contributed by atoms with Crippen molar-refractivity contribution in [3.63, 3.8) is 0 Å². The van der Waals surface area contributed by atoms with Gasteiger partial charge >= 0.3 is 18.1 Å². The smallest absolute Gasteiger partial charge is 0.458 e. The number of fused-ring (bicyclic) bond motifs is 5. The van der Waals surface area contributed by atoms with Crippen LogP contribution in [0.1, 0.15) is 72.0 Å². The first-order valence-corrected chi connectivity index (χ1v) is 15.2. The lowest BCUT2D eigenvalue weighted by atomic mass is 9.81. The maximum absolute atomic E-state index is 15.2. The van der Waals surface area contributed by atoms with E-state index in [1.54, 1.807) is 19.9 Å². The largest absolute Gasteiger partial charge is 0.471 e. The molecule has 2 N–H and O–H groups in total. The number of piperidine rings is 1. The molecular formula is C32H30F4N4O6. The van der Waals surface area contributed by atoms with Gasteiger partial charge < -0.3 is 24.6 Å². The topological polar surface area (TPSA) is 131 Å². The molecule has 10 nitrogen and oxygen atoms in total. The number of pyridine rings is 2. The molecule has 0 radical (unpaired) electrons. The Morgan fingerprint density at radius 1 is 1.17 bits per heavy atom. The van der Waals surface area contributed by atoms with Gasteiger partial charge in [-0.25, -0.2) is 14.2 Å². The van der Waals surface area contributed by atoms with Crippen LogP contribution in [0, 0.1) is 18.7 Å². The number of carbonyl (C=O) groups is 3. The predicted octanol–water partition coefficient (Wildman–Crippen LogP) is 3.43. The number of benzene rings is 1. The molecule has 3 aromatic rings. The molecule has 3 aliphatic heterocycles. The number of amides is 2. The van der Waals surface area contributed by atoms with Crippen molar-refractivity contribution in [1.29, 1.82) is 0 Å². The van der Waals surface area contributed by atoms with E-state index in [4.69, 9.17) is 9.72 Å². The molecule has 4 aliphatic rings. The first kappa shape index (κ1) is 30.3. The molecular weight excluding hydrogens is 612 g/mol. The second-order valence-electron chi connectivity index (χ2n) is 12.5. The minimum atomic E-state index is -5.04. The standard InChI is InChI=1S/C32H30F4N4O6/c1-3-31(45)19-9-23-26-17(12-40(23)28(42)18(19)13-46-30(31)44)25-21(7-6-16-14(2)20(33)10-22(37-26)24(16)25)38-27(41)15-5-4-8-39(11-15)29(43)32(34,35)36/h9-10,15,21,45H,3-8,11-13H2,1-2H3,(H,38,41)/t15?,21-,31-/m0/s1. The second-order valence-corrected chi connectivity index (χ2v) is 12.5. The van der Waals surface area contributed by atoms with Gasteiger partial charge in [-0.15, -0.1) is 0 Å². The van der Waals surface area contributed by atoms with E-state index in [0.29, 0.717) is 68.7 Å². The van der Waals surface area contributed by atoms with Crippen LogP contribution < -0.4 is 10.9 Å². The number of hydrogen-bond donors (Lipinski definition) is 2. The third-order valence-electron chi connectivity index (χ3n) is 10.0. The van der Waals surface area contributed by atoms with Crippen LogP contribution in [0.4, 0.5) is 17.6 Å². The quantitative estimate of drug-likeness (QED) is 0.259. The molecule has 1 aromatic carbocycles. The highest BCUT2D eigenvalue weighted by molar-refractivity contribution is 5.94. The number of rotatable bonds is 3. The van der Waals surface area contributed by atoms with Crippen LogP contribution in [-0.4, -0.2) is 56.6 Å². The molecule has 1 unspecified atom stereocenters. The van der Waals surface area contributed by atoms with Crippen LogP contribution in [0.25, 0.3) is 22.3 Å². The maximum Gasteiger partial charge on any atom is 0.471 e. The summed E-state index contributed by atoms with van der Waals surface area (Å²) in [6.45, 7) is 2.53. The zero-order valence-electron chi connectivity index (χ0n) is 25.0. The predicted molar refractivity (Wildman–Crippen MR) is 154 cm³/mol. The van der Waals surface area contributed by atoms with E-state index in [1.807, 2.05) is 0 Å². The Hall–Kier alpha value is -4.33. The number of aromatic nitrogens is 2. The van der Waals surface area contributed by atoms with Crippen molar-refractivity contribution in [3.8, 4) is 11.4 Å². The Labute approximate surface area is 259 Å². The Morgan fingerprint density at radius 3 is 2.65 bits per heavy atom. The summed E-state index contributed by atoms with van der Waals surface area (Å²) in [6.07, 6.45) is -3.79. The minimum Gasteiger partial charge on any atom is -0.458 e. The van der Waals surface area contributed by atoms with Crippen LogP contribution in [0.5, 0.6) is 0 Å². The van der Waals surface area contributed by atoms with Crippen molar-refractivity contribution in [1.82, 2.24) is 19.8 Å². The Bertz CT molecular complexity index is 1940.